The Morgan fingerprint density at radius 2 is 1.78 bits per heavy atom. The van der Waals surface area contributed by atoms with Gasteiger partial charge in [-0.1, -0.05) is 23.8 Å². The Kier molecular flexibility index (Phi) is 11.1. The largest absolute Gasteiger partial charge is 0.481 e. The van der Waals surface area contributed by atoms with Crippen LogP contribution in [0.25, 0.3) is 5.69 Å². The van der Waals surface area contributed by atoms with E-state index in [1.165, 1.54) is 22.4 Å². The Morgan fingerprint density at radius 1 is 1.05 bits per heavy atom. The highest BCUT2D eigenvalue weighted by atomic mass is 16.5. The molecule has 1 atom stereocenters. The number of rotatable bonds is 12. The number of pyridine rings is 1. The SMILES string of the molecule is Cc1cc(C)c(-n2cccn2)c(CN(Cc2ccccn2)CC2CCCO2)c1.O=C(O)CC(O)(CC(=O)O)C(=O)O. The van der Waals surface area contributed by atoms with E-state index in [1.807, 2.05) is 35.4 Å². The van der Waals surface area contributed by atoms with Gasteiger partial charge in [0.2, 0.25) is 0 Å². The van der Waals surface area contributed by atoms with Gasteiger partial charge >= 0.3 is 17.9 Å². The molecule has 4 rings (SSSR count). The van der Waals surface area contributed by atoms with E-state index in [-0.39, 0.29) is 0 Å². The van der Waals surface area contributed by atoms with Crippen molar-refractivity contribution in [2.75, 3.05) is 13.2 Å². The molecule has 0 aliphatic carbocycles. The van der Waals surface area contributed by atoms with Gasteiger partial charge in [0.05, 0.1) is 30.3 Å². The Balaban J connectivity index is 0.000000302. The van der Waals surface area contributed by atoms with Crippen molar-refractivity contribution < 1.29 is 39.5 Å². The molecule has 0 saturated carbocycles. The van der Waals surface area contributed by atoms with E-state index < -0.39 is 36.4 Å². The first-order valence-electron chi connectivity index (χ1n) is 13.2. The molecule has 0 bridgehead atoms. The van der Waals surface area contributed by atoms with Crippen LogP contribution >= 0.6 is 0 Å². The van der Waals surface area contributed by atoms with E-state index in [9.17, 15) is 14.4 Å². The third-order valence-electron chi connectivity index (χ3n) is 6.53. The molecule has 3 heterocycles. The molecule has 41 heavy (non-hydrogen) atoms. The first-order chi connectivity index (χ1) is 19.5. The molecule has 220 valence electrons. The third-order valence-corrected chi connectivity index (χ3v) is 6.53. The lowest BCUT2D eigenvalue weighted by Gasteiger charge is -2.26. The van der Waals surface area contributed by atoms with Crippen LogP contribution in [0.4, 0.5) is 0 Å². The predicted octanol–water partition coefficient (Wildman–Crippen LogP) is 2.82. The summed E-state index contributed by atoms with van der Waals surface area (Å²) in [5.74, 6) is -5.02. The molecule has 0 radical (unpaired) electrons. The van der Waals surface area contributed by atoms with Gasteiger partial charge in [-0.2, -0.15) is 5.10 Å². The van der Waals surface area contributed by atoms with Gasteiger partial charge in [0, 0.05) is 44.8 Å². The number of benzene rings is 1. The van der Waals surface area contributed by atoms with Crippen LogP contribution in [0.3, 0.4) is 0 Å². The lowest BCUT2D eigenvalue weighted by Crippen LogP contribution is -2.42. The van der Waals surface area contributed by atoms with Crippen LogP contribution in [-0.2, 0) is 32.2 Å². The van der Waals surface area contributed by atoms with Crippen molar-refractivity contribution in [2.45, 2.75) is 64.3 Å². The summed E-state index contributed by atoms with van der Waals surface area (Å²) < 4.78 is 7.91. The number of hydrogen-bond acceptors (Lipinski definition) is 8. The van der Waals surface area contributed by atoms with Crippen LogP contribution in [0.15, 0.2) is 55.0 Å². The van der Waals surface area contributed by atoms with E-state index in [4.69, 9.17) is 25.2 Å². The molecule has 12 nitrogen and oxygen atoms in total. The molecule has 1 fully saturated rings. The summed E-state index contributed by atoms with van der Waals surface area (Å²) in [5.41, 5.74) is 3.33. The number of nitrogens with zero attached hydrogens (tertiary/aromatic N) is 4. The standard InChI is InChI=1S/C23H28N4O.C6H8O7/c1-18-13-19(2)23(27-11-6-10-25-27)20(14-18)15-26(17-22-8-5-12-28-22)16-21-7-3-4-9-24-21;7-3(8)1-6(13,5(11)12)2-4(9)10/h3-4,6-7,9-11,13-14,22H,5,8,12,15-17H2,1-2H3;13H,1-2H2,(H,7,8)(H,9,10)(H,11,12). The predicted molar refractivity (Wildman–Crippen MR) is 147 cm³/mol. The fourth-order valence-corrected chi connectivity index (χ4v) is 4.83. The fourth-order valence-electron chi connectivity index (χ4n) is 4.83. The molecule has 1 aliphatic rings. The smallest absolute Gasteiger partial charge is 0.336 e. The number of carboxylic acids is 3. The van der Waals surface area contributed by atoms with E-state index >= 15 is 0 Å². The molecule has 0 spiro atoms. The number of carbonyl (C=O) groups is 3. The number of hydrogen-bond donors (Lipinski definition) is 4. The summed E-state index contributed by atoms with van der Waals surface area (Å²) in [6, 6.07) is 12.6. The Labute approximate surface area is 237 Å². The first kappa shape index (κ1) is 31.4. The molecule has 4 N–H and O–H groups in total. The van der Waals surface area contributed by atoms with Gasteiger partial charge in [0.25, 0.3) is 0 Å². The van der Waals surface area contributed by atoms with Gasteiger partial charge in [0.1, 0.15) is 0 Å². The highest BCUT2D eigenvalue weighted by Crippen LogP contribution is 2.24. The van der Waals surface area contributed by atoms with Gasteiger partial charge in [-0.3, -0.25) is 19.5 Å². The maximum absolute atomic E-state index is 10.3. The quantitative estimate of drug-likeness (QED) is 0.253. The minimum absolute atomic E-state index is 0.308. The van der Waals surface area contributed by atoms with E-state index in [0.717, 1.165) is 44.8 Å². The van der Waals surface area contributed by atoms with Crippen LogP contribution in [0.5, 0.6) is 0 Å². The van der Waals surface area contributed by atoms with Gasteiger partial charge in [-0.05, 0) is 56.0 Å². The van der Waals surface area contributed by atoms with E-state index in [0.29, 0.717) is 6.10 Å². The molecular weight excluding hydrogens is 532 g/mol. The second-order valence-corrected chi connectivity index (χ2v) is 10.1. The average Bonchev–Trinajstić information content (AvgIpc) is 3.58. The normalized spacial score (nSPS) is 14.9. The third kappa shape index (κ3) is 9.48. The molecule has 2 aromatic heterocycles. The van der Waals surface area contributed by atoms with Gasteiger partial charge < -0.3 is 25.2 Å². The Morgan fingerprint density at radius 3 is 2.32 bits per heavy atom. The zero-order chi connectivity index (χ0) is 30.0. The molecule has 12 heteroatoms. The molecule has 1 unspecified atom stereocenters. The second-order valence-electron chi connectivity index (χ2n) is 10.1. The highest BCUT2D eigenvalue weighted by Gasteiger charge is 2.40. The number of aliphatic hydroxyl groups is 1. The summed E-state index contributed by atoms with van der Waals surface area (Å²) >= 11 is 0. The summed E-state index contributed by atoms with van der Waals surface area (Å²) in [6.45, 7) is 7.77. The van der Waals surface area contributed by atoms with Crippen LogP contribution in [0, 0.1) is 13.8 Å². The van der Waals surface area contributed by atoms with Gasteiger partial charge in [-0.25, -0.2) is 9.48 Å². The number of aryl methyl sites for hydroxylation is 2. The maximum atomic E-state index is 10.3. The van der Waals surface area contributed by atoms with Crippen molar-refractivity contribution in [1.82, 2.24) is 19.7 Å². The summed E-state index contributed by atoms with van der Waals surface area (Å²) in [5, 5.41) is 38.3. The number of carboxylic acid groups (broad SMARTS) is 3. The van der Waals surface area contributed by atoms with Gasteiger partial charge in [0.15, 0.2) is 5.60 Å². The lowest BCUT2D eigenvalue weighted by atomic mass is 9.96. The number of aromatic nitrogens is 3. The van der Waals surface area contributed by atoms with E-state index in [1.54, 1.807) is 0 Å². The van der Waals surface area contributed by atoms with Crippen molar-refractivity contribution >= 4 is 17.9 Å². The molecule has 1 saturated heterocycles. The van der Waals surface area contributed by atoms with Crippen molar-refractivity contribution in [3.63, 3.8) is 0 Å². The van der Waals surface area contributed by atoms with Crippen molar-refractivity contribution in [2.24, 2.45) is 0 Å². The van der Waals surface area contributed by atoms with Crippen LogP contribution in [0.1, 0.15) is 48.1 Å². The Hall–Kier alpha value is -4.13. The number of aliphatic carboxylic acids is 3. The van der Waals surface area contributed by atoms with Crippen molar-refractivity contribution in [3.8, 4) is 5.69 Å². The monoisotopic (exact) mass is 568 g/mol. The Bertz CT molecular complexity index is 1290. The average molecular weight is 569 g/mol. The lowest BCUT2D eigenvalue weighted by molar-refractivity contribution is -0.170. The van der Waals surface area contributed by atoms with E-state index in [2.05, 4.69) is 53.1 Å². The second kappa shape index (κ2) is 14.5. The number of ether oxygens (including phenoxy) is 1. The van der Waals surface area contributed by atoms with Crippen LogP contribution in [0.2, 0.25) is 0 Å². The van der Waals surface area contributed by atoms with Crippen molar-refractivity contribution in [3.05, 3.63) is 77.4 Å². The summed E-state index contributed by atoms with van der Waals surface area (Å²) in [4.78, 5) is 37.5. The molecule has 0 amide bonds. The minimum Gasteiger partial charge on any atom is -0.481 e. The molecular formula is C29H36N4O8. The summed E-state index contributed by atoms with van der Waals surface area (Å²) in [7, 11) is 0. The highest BCUT2D eigenvalue weighted by molar-refractivity contribution is 5.88. The fraction of sp³-hybridized carbons (Fsp3) is 0.414. The summed E-state index contributed by atoms with van der Waals surface area (Å²) in [6.07, 6.45) is 6.03. The molecule has 1 aromatic carbocycles. The first-order valence-corrected chi connectivity index (χ1v) is 13.2. The van der Waals surface area contributed by atoms with Crippen LogP contribution in [-0.4, -0.2) is 82.9 Å². The molecule has 3 aromatic rings. The minimum atomic E-state index is -2.74. The van der Waals surface area contributed by atoms with Crippen LogP contribution < -0.4 is 0 Å². The zero-order valence-electron chi connectivity index (χ0n) is 23.1. The molecule has 1 aliphatic heterocycles. The van der Waals surface area contributed by atoms with Crippen molar-refractivity contribution in [1.29, 1.82) is 0 Å². The topological polar surface area (TPSA) is 175 Å². The maximum Gasteiger partial charge on any atom is 0.336 e. The zero-order valence-corrected chi connectivity index (χ0v) is 23.1. The van der Waals surface area contributed by atoms with Gasteiger partial charge in [-0.15, -0.1) is 0 Å².